The molecule has 1 aliphatic heterocycles. The van der Waals surface area contributed by atoms with Crippen LogP contribution < -0.4 is 10.6 Å². The van der Waals surface area contributed by atoms with E-state index in [1.54, 1.807) is 0 Å². The topological polar surface area (TPSA) is 38.5 Å². The molecule has 0 bridgehead atoms. The van der Waals surface area contributed by atoms with Crippen LogP contribution in [0, 0.1) is 5.92 Å². The third-order valence-electron chi connectivity index (χ3n) is 3.06. The quantitative estimate of drug-likeness (QED) is 0.627. The SMILES string of the molecule is CC(C)COCCN1CCc2ccc(N)cc21. The number of nitrogen functional groups attached to an aromatic ring is 1. The van der Waals surface area contributed by atoms with Crippen LogP contribution in [0.15, 0.2) is 18.2 Å². The zero-order valence-electron chi connectivity index (χ0n) is 10.8. The van der Waals surface area contributed by atoms with E-state index in [9.17, 15) is 0 Å². The minimum atomic E-state index is 0.608. The van der Waals surface area contributed by atoms with Gasteiger partial charge in [-0.1, -0.05) is 19.9 Å². The number of anilines is 2. The fraction of sp³-hybridized carbons (Fsp3) is 0.571. The van der Waals surface area contributed by atoms with Crippen LogP contribution in [-0.2, 0) is 11.2 Å². The van der Waals surface area contributed by atoms with Gasteiger partial charge >= 0.3 is 0 Å². The molecule has 0 saturated heterocycles. The highest BCUT2D eigenvalue weighted by molar-refractivity contribution is 5.64. The fourth-order valence-corrected chi connectivity index (χ4v) is 2.19. The summed E-state index contributed by atoms with van der Waals surface area (Å²) in [5.74, 6) is 0.608. The van der Waals surface area contributed by atoms with Crippen molar-refractivity contribution in [3.8, 4) is 0 Å². The highest BCUT2D eigenvalue weighted by Crippen LogP contribution is 2.29. The van der Waals surface area contributed by atoms with E-state index in [1.165, 1.54) is 11.3 Å². The van der Waals surface area contributed by atoms with Crippen molar-refractivity contribution < 1.29 is 4.74 Å². The summed E-state index contributed by atoms with van der Waals surface area (Å²) in [5, 5.41) is 0. The highest BCUT2D eigenvalue weighted by Gasteiger charge is 2.18. The van der Waals surface area contributed by atoms with Gasteiger partial charge in [0.15, 0.2) is 0 Å². The Morgan fingerprint density at radius 3 is 3.00 bits per heavy atom. The van der Waals surface area contributed by atoms with E-state index in [4.69, 9.17) is 10.5 Å². The molecule has 0 fully saturated rings. The summed E-state index contributed by atoms with van der Waals surface area (Å²) in [6.07, 6.45) is 1.12. The second-order valence-electron chi connectivity index (χ2n) is 5.09. The molecule has 94 valence electrons. The first-order valence-electron chi connectivity index (χ1n) is 6.38. The molecule has 0 aliphatic carbocycles. The molecule has 0 amide bonds. The molecular weight excluding hydrogens is 212 g/mol. The molecule has 0 aromatic heterocycles. The van der Waals surface area contributed by atoms with Crippen molar-refractivity contribution in [3.05, 3.63) is 23.8 Å². The van der Waals surface area contributed by atoms with Gasteiger partial charge in [0.05, 0.1) is 6.61 Å². The molecular formula is C14H22N2O. The minimum absolute atomic E-state index is 0.608. The van der Waals surface area contributed by atoms with Crippen molar-refractivity contribution in [3.63, 3.8) is 0 Å². The van der Waals surface area contributed by atoms with E-state index in [-0.39, 0.29) is 0 Å². The maximum atomic E-state index is 5.83. The van der Waals surface area contributed by atoms with Gasteiger partial charge in [0.25, 0.3) is 0 Å². The van der Waals surface area contributed by atoms with Gasteiger partial charge in [-0.05, 0) is 30.0 Å². The summed E-state index contributed by atoms with van der Waals surface area (Å²) in [4.78, 5) is 2.37. The fourth-order valence-electron chi connectivity index (χ4n) is 2.19. The van der Waals surface area contributed by atoms with Crippen molar-refractivity contribution in [2.45, 2.75) is 20.3 Å². The molecule has 1 aromatic carbocycles. The number of benzene rings is 1. The minimum Gasteiger partial charge on any atom is -0.399 e. The zero-order valence-corrected chi connectivity index (χ0v) is 10.8. The van der Waals surface area contributed by atoms with E-state index in [1.807, 2.05) is 6.07 Å². The molecule has 3 nitrogen and oxygen atoms in total. The Kier molecular flexibility index (Phi) is 3.89. The predicted molar refractivity (Wildman–Crippen MR) is 72.4 cm³/mol. The number of nitrogens with two attached hydrogens (primary N) is 1. The van der Waals surface area contributed by atoms with Gasteiger partial charge in [-0.25, -0.2) is 0 Å². The molecule has 1 heterocycles. The monoisotopic (exact) mass is 234 g/mol. The van der Waals surface area contributed by atoms with Crippen LogP contribution in [0.3, 0.4) is 0 Å². The van der Waals surface area contributed by atoms with Crippen molar-refractivity contribution in [1.29, 1.82) is 0 Å². The first kappa shape index (κ1) is 12.2. The van der Waals surface area contributed by atoms with Crippen LogP contribution in [0.4, 0.5) is 11.4 Å². The Balaban J connectivity index is 1.86. The van der Waals surface area contributed by atoms with Crippen molar-refractivity contribution in [1.82, 2.24) is 0 Å². The van der Waals surface area contributed by atoms with Gasteiger partial charge in [0, 0.05) is 31.1 Å². The third kappa shape index (κ3) is 3.13. The average molecular weight is 234 g/mol. The standard InChI is InChI=1S/C14H22N2O/c1-11(2)10-17-8-7-16-6-5-12-3-4-13(15)9-14(12)16/h3-4,9,11H,5-8,10,15H2,1-2H3. The molecule has 0 atom stereocenters. The Bertz CT molecular complexity index is 376. The average Bonchev–Trinajstić information content (AvgIpc) is 2.67. The first-order valence-corrected chi connectivity index (χ1v) is 6.38. The molecule has 0 spiro atoms. The van der Waals surface area contributed by atoms with Crippen LogP contribution in [0.2, 0.25) is 0 Å². The molecule has 17 heavy (non-hydrogen) atoms. The van der Waals surface area contributed by atoms with Crippen LogP contribution in [0.25, 0.3) is 0 Å². The van der Waals surface area contributed by atoms with Crippen LogP contribution in [0.1, 0.15) is 19.4 Å². The Labute approximate surface area is 104 Å². The summed E-state index contributed by atoms with van der Waals surface area (Å²) >= 11 is 0. The van der Waals surface area contributed by atoms with Crippen molar-refractivity contribution in [2.24, 2.45) is 5.92 Å². The maximum absolute atomic E-state index is 5.83. The molecule has 1 aromatic rings. The highest BCUT2D eigenvalue weighted by atomic mass is 16.5. The van der Waals surface area contributed by atoms with Gasteiger partial charge in [-0.15, -0.1) is 0 Å². The number of ether oxygens (including phenoxy) is 1. The lowest BCUT2D eigenvalue weighted by atomic mass is 10.1. The largest absolute Gasteiger partial charge is 0.399 e. The van der Waals surface area contributed by atoms with Gasteiger partial charge in [0.1, 0.15) is 0 Å². The summed E-state index contributed by atoms with van der Waals surface area (Å²) in [6, 6.07) is 6.20. The third-order valence-corrected chi connectivity index (χ3v) is 3.06. The lowest BCUT2D eigenvalue weighted by Gasteiger charge is -2.20. The van der Waals surface area contributed by atoms with Crippen LogP contribution in [0.5, 0.6) is 0 Å². The Hall–Kier alpha value is -1.22. The van der Waals surface area contributed by atoms with Gasteiger partial charge < -0.3 is 15.4 Å². The number of hydrogen-bond donors (Lipinski definition) is 1. The smallest absolute Gasteiger partial charge is 0.0641 e. The lowest BCUT2D eigenvalue weighted by molar-refractivity contribution is 0.115. The molecule has 0 saturated carbocycles. The van der Waals surface area contributed by atoms with E-state index >= 15 is 0 Å². The van der Waals surface area contributed by atoms with E-state index in [0.29, 0.717) is 5.92 Å². The summed E-state index contributed by atoms with van der Waals surface area (Å²) < 4.78 is 5.63. The molecule has 0 radical (unpaired) electrons. The summed E-state index contributed by atoms with van der Waals surface area (Å²) in [6.45, 7) is 8.04. The summed E-state index contributed by atoms with van der Waals surface area (Å²) in [7, 11) is 0. The molecule has 2 N–H and O–H groups in total. The Morgan fingerprint density at radius 1 is 1.41 bits per heavy atom. The van der Waals surface area contributed by atoms with Crippen molar-refractivity contribution >= 4 is 11.4 Å². The van der Waals surface area contributed by atoms with Crippen LogP contribution in [-0.4, -0.2) is 26.3 Å². The zero-order chi connectivity index (χ0) is 12.3. The number of hydrogen-bond acceptors (Lipinski definition) is 3. The maximum Gasteiger partial charge on any atom is 0.0641 e. The van der Waals surface area contributed by atoms with Crippen molar-refractivity contribution in [2.75, 3.05) is 36.9 Å². The predicted octanol–water partition coefficient (Wildman–Crippen LogP) is 2.30. The first-order chi connectivity index (χ1) is 8.16. The lowest BCUT2D eigenvalue weighted by Crippen LogP contribution is -2.25. The number of nitrogens with zero attached hydrogens (tertiary/aromatic N) is 1. The second-order valence-corrected chi connectivity index (χ2v) is 5.09. The molecule has 1 aliphatic rings. The van der Waals surface area contributed by atoms with Gasteiger partial charge in [0.2, 0.25) is 0 Å². The molecule has 2 rings (SSSR count). The normalized spacial score (nSPS) is 14.4. The number of rotatable bonds is 5. The van der Waals surface area contributed by atoms with E-state index in [2.05, 4.69) is 30.9 Å². The van der Waals surface area contributed by atoms with Gasteiger partial charge in [-0.3, -0.25) is 0 Å². The van der Waals surface area contributed by atoms with Gasteiger partial charge in [-0.2, -0.15) is 0 Å². The molecule has 0 unspecified atom stereocenters. The Morgan fingerprint density at radius 2 is 2.24 bits per heavy atom. The molecule has 3 heteroatoms. The number of fused-ring (bicyclic) bond motifs is 1. The van der Waals surface area contributed by atoms with E-state index < -0.39 is 0 Å². The second kappa shape index (κ2) is 5.41. The summed E-state index contributed by atoms with van der Waals surface area (Å²) in [5.41, 5.74) is 9.37. The van der Waals surface area contributed by atoms with Crippen LogP contribution >= 0.6 is 0 Å². The van der Waals surface area contributed by atoms with E-state index in [0.717, 1.165) is 38.4 Å².